The Morgan fingerprint density at radius 1 is 1.16 bits per heavy atom. The molecule has 1 atom stereocenters. The first kappa shape index (κ1) is 16.7. The summed E-state index contributed by atoms with van der Waals surface area (Å²) in [6.45, 7) is 0.495. The molecular formula is C19H18N2O4. The summed E-state index contributed by atoms with van der Waals surface area (Å²) < 4.78 is 12.3. The first-order chi connectivity index (χ1) is 12.2. The van der Waals surface area contributed by atoms with Crippen molar-refractivity contribution in [2.24, 2.45) is 5.92 Å². The van der Waals surface area contributed by atoms with Crippen LogP contribution in [0.5, 0.6) is 0 Å². The number of Topliss-reactive ketones (excluding diaryl/α,β-unsaturated/α-hetero) is 1. The van der Waals surface area contributed by atoms with Crippen LogP contribution in [0.4, 0.5) is 0 Å². The summed E-state index contributed by atoms with van der Waals surface area (Å²) in [6, 6.07) is 12.7. The lowest BCUT2D eigenvalue weighted by atomic mass is 10.0. The number of aromatic nitrogens is 2. The maximum atomic E-state index is 12.5. The van der Waals surface area contributed by atoms with Gasteiger partial charge in [0, 0.05) is 25.4 Å². The van der Waals surface area contributed by atoms with E-state index in [2.05, 4.69) is 4.98 Å². The number of furan rings is 1. The van der Waals surface area contributed by atoms with Crippen molar-refractivity contribution in [1.29, 1.82) is 0 Å². The topological polar surface area (TPSA) is 74.3 Å². The smallest absolute Gasteiger partial charge is 0.311 e. The number of carbonyl (C=O) groups excluding carboxylic acids is 2. The minimum Gasteiger partial charge on any atom is -0.461 e. The van der Waals surface area contributed by atoms with E-state index >= 15 is 0 Å². The van der Waals surface area contributed by atoms with Crippen LogP contribution in [-0.4, -0.2) is 21.3 Å². The quantitative estimate of drug-likeness (QED) is 0.466. The Bertz CT molecular complexity index is 795. The predicted molar refractivity (Wildman–Crippen MR) is 89.6 cm³/mol. The molecule has 3 aromatic rings. The summed E-state index contributed by atoms with van der Waals surface area (Å²) in [5.41, 5.74) is 0.898. The molecule has 0 fully saturated rings. The van der Waals surface area contributed by atoms with Gasteiger partial charge < -0.3 is 13.7 Å². The van der Waals surface area contributed by atoms with Crippen molar-refractivity contribution in [3.05, 3.63) is 78.8 Å². The van der Waals surface area contributed by atoms with Gasteiger partial charge in [-0.2, -0.15) is 0 Å². The second-order valence-electron chi connectivity index (χ2n) is 5.65. The number of rotatable bonds is 8. The lowest BCUT2D eigenvalue weighted by Crippen LogP contribution is -2.25. The molecule has 2 heterocycles. The van der Waals surface area contributed by atoms with E-state index in [0.717, 1.165) is 5.56 Å². The van der Waals surface area contributed by atoms with Crippen molar-refractivity contribution in [3.63, 3.8) is 0 Å². The second-order valence-corrected chi connectivity index (χ2v) is 5.65. The van der Waals surface area contributed by atoms with Crippen molar-refractivity contribution in [2.75, 3.05) is 0 Å². The maximum Gasteiger partial charge on any atom is 0.311 e. The molecule has 0 radical (unpaired) electrons. The summed E-state index contributed by atoms with van der Waals surface area (Å²) in [4.78, 5) is 28.8. The minimum absolute atomic E-state index is 0.0132. The van der Waals surface area contributed by atoms with Crippen molar-refractivity contribution < 1.29 is 18.7 Å². The lowest BCUT2D eigenvalue weighted by molar-refractivity contribution is -0.150. The molecule has 0 unspecified atom stereocenters. The van der Waals surface area contributed by atoms with Gasteiger partial charge in [-0.05, 0) is 17.7 Å². The Morgan fingerprint density at radius 3 is 2.68 bits per heavy atom. The van der Waals surface area contributed by atoms with Gasteiger partial charge in [-0.1, -0.05) is 30.3 Å². The van der Waals surface area contributed by atoms with Crippen LogP contribution in [0.1, 0.15) is 22.5 Å². The van der Waals surface area contributed by atoms with Crippen LogP contribution in [0.15, 0.2) is 71.9 Å². The third-order valence-corrected chi connectivity index (χ3v) is 3.78. The zero-order valence-electron chi connectivity index (χ0n) is 13.6. The van der Waals surface area contributed by atoms with Gasteiger partial charge in [0.25, 0.3) is 0 Å². The van der Waals surface area contributed by atoms with Crippen molar-refractivity contribution in [1.82, 2.24) is 9.55 Å². The average molecular weight is 338 g/mol. The van der Waals surface area contributed by atoms with E-state index in [4.69, 9.17) is 9.15 Å². The molecule has 1 aromatic carbocycles. The summed E-state index contributed by atoms with van der Waals surface area (Å²) >= 11 is 0. The fraction of sp³-hybridized carbons (Fsp3) is 0.211. The third kappa shape index (κ3) is 4.67. The molecule has 6 nitrogen and oxygen atoms in total. The largest absolute Gasteiger partial charge is 0.461 e. The van der Waals surface area contributed by atoms with E-state index in [1.807, 2.05) is 30.3 Å². The molecule has 0 bridgehead atoms. The molecule has 128 valence electrons. The normalized spacial score (nSPS) is 11.8. The van der Waals surface area contributed by atoms with Gasteiger partial charge in [0.1, 0.15) is 6.61 Å². The van der Waals surface area contributed by atoms with Gasteiger partial charge in [-0.25, -0.2) is 4.98 Å². The fourth-order valence-electron chi connectivity index (χ4n) is 2.48. The molecule has 0 amide bonds. The zero-order valence-corrected chi connectivity index (χ0v) is 13.6. The first-order valence-electron chi connectivity index (χ1n) is 7.95. The molecule has 25 heavy (non-hydrogen) atoms. The number of hydrogen-bond donors (Lipinski definition) is 0. The van der Waals surface area contributed by atoms with E-state index in [1.54, 1.807) is 35.4 Å². The van der Waals surface area contributed by atoms with Crippen molar-refractivity contribution >= 4 is 11.8 Å². The fourth-order valence-corrected chi connectivity index (χ4v) is 2.48. The Hall–Kier alpha value is -3.15. The van der Waals surface area contributed by atoms with Crippen molar-refractivity contribution in [2.45, 2.75) is 19.6 Å². The van der Waals surface area contributed by atoms with Crippen molar-refractivity contribution in [3.8, 4) is 0 Å². The number of hydrogen-bond acceptors (Lipinski definition) is 5. The van der Waals surface area contributed by atoms with Gasteiger partial charge >= 0.3 is 5.97 Å². The zero-order chi connectivity index (χ0) is 17.5. The molecule has 0 aliphatic carbocycles. The van der Waals surface area contributed by atoms with Crippen LogP contribution < -0.4 is 0 Å². The van der Waals surface area contributed by atoms with E-state index in [-0.39, 0.29) is 24.6 Å². The van der Waals surface area contributed by atoms with E-state index in [1.165, 1.54) is 6.26 Å². The van der Waals surface area contributed by atoms with Crippen LogP contribution in [-0.2, 0) is 22.7 Å². The highest BCUT2D eigenvalue weighted by Gasteiger charge is 2.25. The highest BCUT2D eigenvalue weighted by molar-refractivity contribution is 5.95. The number of nitrogens with zero attached hydrogens (tertiary/aromatic N) is 2. The summed E-state index contributed by atoms with van der Waals surface area (Å²) in [5.74, 6) is -1.02. The second kappa shape index (κ2) is 8.10. The van der Waals surface area contributed by atoms with Gasteiger partial charge in [0.2, 0.25) is 0 Å². The van der Waals surface area contributed by atoms with Gasteiger partial charge in [0.15, 0.2) is 11.5 Å². The van der Waals surface area contributed by atoms with Crippen LogP contribution in [0.3, 0.4) is 0 Å². The molecule has 0 aliphatic heterocycles. The Morgan fingerprint density at radius 2 is 2.00 bits per heavy atom. The summed E-state index contributed by atoms with van der Waals surface area (Å²) in [5, 5.41) is 0. The molecule has 0 spiro atoms. The Labute approximate surface area is 145 Å². The van der Waals surface area contributed by atoms with Gasteiger partial charge in [-0.15, -0.1) is 0 Å². The van der Waals surface area contributed by atoms with Crippen LogP contribution in [0.2, 0.25) is 0 Å². The predicted octanol–water partition coefficient (Wildman–Crippen LogP) is 3.11. The van der Waals surface area contributed by atoms with Gasteiger partial charge in [-0.3, -0.25) is 9.59 Å². The standard InChI is InChI=1S/C19H18N2O4/c22-17(18-7-4-10-24-18)11-16(12-21-9-8-20-14-21)19(23)25-13-15-5-2-1-3-6-15/h1-10,14,16H,11-13H2/t16-/m0/s1. The maximum absolute atomic E-state index is 12.5. The number of esters is 1. The van der Waals surface area contributed by atoms with Crippen LogP contribution >= 0.6 is 0 Å². The molecule has 3 rings (SSSR count). The molecule has 2 aromatic heterocycles. The van der Waals surface area contributed by atoms with E-state index in [9.17, 15) is 9.59 Å². The monoisotopic (exact) mass is 338 g/mol. The Kier molecular flexibility index (Phi) is 5.41. The highest BCUT2D eigenvalue weighted by Crippen LogP contribution is 2.16. The third-order valence-electron chi connectivity index (χ3n) is 3.78. The average Bonchev–Trinajstić information content (AvgIpc) is 3.33. The number of carbonyl (C=O) groups is 2. The van der Waals surface area contributed by atoms with Crippen LogP contribution in [0, 0.1) is 5.92 Å². The SMILES string of the molecule is O=C(C[C@@H](Cn1ccnc1)C(=O)OCc1ccccc1)c1ccco1. The molecule has 0 saturated heterocycles. The van der Waals surface area contributed by atoms with E-state index < -0.39 is 11.9 Å². The molecular weight excluding hydrogens is 320 g/mol. The molecule has 0 saturated carbocycles. The first-order valence-corrected chi connectivity index (χ1v) is 7.95. The molecule has 0 aliphatic rings. The number of ketones is 1. The van der Waals surface area contributed by atoms with E-state index in [0.29, 0.717) is 6.54 Å². The number of benzene rings is 1. The minimum atomic E-state index is -0.615. The molecule has 0 N–H and O–H groups in total. The highest BCUT2D eigenvalue weighted by atomic mass is 16.5. The Balaban J connectivity index is 1.66. The van der Waals surface area contributed by atoms with Gasteiger partial charge in [0.05, 0.1) is 18.5 Å². The van der Waals surface area contributed by atoms with Crippen LogP contribution in [0.25, 0.3) is 0 Å². The number of ether oxygens (including phenoxy) is 1. The number of imidazole rings is 1. The lowest BCUT2D eigenvalue weighted by Gasteiger charge is -2.15. The summed E-state index contributed by atoms with van der Waals surface area (Å²) in [7, 11) is 0. The molecule has 6 heteroatoms. The summed E-state index contributed by atoms with van der Waals surface area (Å²) in [6.07, 6.45) is 6.43.